The minimum atomic E-state index is 0.374. The van der Waals surface area contributed by atoms with Crippen molar-refractivity contribution in [3.05, 3.63) is 23.5 Å². The van der Waals surface area contributed by atoms with Crippen LogP contribution in [-0.4, -0.2) is 11.9 Å². The Morgan fingerprint density at radius 2 is 1.80 bits per heavy atom. The topological polar surface area (TPSA) is 3.24 Å². The highest BCUT2D eigenvalue weighted by molar-refractivity contribution is 5.30. The largest absolute Gasteiger partial charge is 0.352 e. The molecule has 1 heterocycles. The Hall–Kier alpha value is -0.720. The standard InChI is InChI=1S/C29H49N/c1-8-22-16-18-29(6)26-17-19-28(5)24(21(4)11-9-10-20(2)3)13-14-25(28)23(26)12-15-27(29)30(22)7/h15-16,20-21,23-26H,8-14,17-19H2,1-7H3/t21?,23?,24-,25?,26?,28-,29-/m1/s1. The molecule has 30 heavy (non-hydrogen) atoms. The van der Waals surface area contributed by atoms with Crippen molar-refractivity contribution < 1.29 is 0 Å². The normalized spacial score (nSPS) is 41.7. The maximum absolute atomic E-state index is 2.72. The lowest BCUT2D eigenvalue weighted by atomic mass is 9.48. The first-order valence-corrected chi connectivity index (χ1v) is 13.4. The lowest BCUT2D eigenvalue weighted by Crippen LogP contribution is -2.52. The van der Waals surface area contributed by atoms with Crippen molar-refractivity contribution in [2.75, 3.05) is 7.05 Å². The van der Waals surface area contributed by atoms with E-state index in [0.717, 1.165) is 41.9 Å². The van der Waals surface area contributed by atoms with E-state index in [-0.39, 0.29) is 0 Å². The van der Waals surface area contributed by atoms with E-state index in [0.29, 0.717) is 10.8 Å². The molecular weight excluding hydrogens is 362 g/mol. The van der Waals surface area contributed by atoms with Gasteiger partial charge in [0.1, 0.15) is 0 Å². The Morgan fingerprint density at radius 1 is 1.03 bits per heavy atom. The molecule has 4 aliphatic rings. The molecule has 170 valence electrons. The van der Waals surface area contributed by atoms with Gasteiger partial charge in [0.05, 0.1) is 0 Å². The predicted octanol–water partition coefficient (Wildman–Crippen LogP) is 8.43. The van der Waals surface area contributed by atoms with E-state index in [4.69, 9.17) is 0 Å². The van der Waals surface area contributed by atoms with Crippen LogP contribution in [0.2, 0.25) is 0 Å². The predicted molar refractivity (Wildman–Crippen MR) is 130 cm³/mol. The number of nitrogens with zero attached hydrogens (tertiary/aromatic N) is 1. The van der Waals surface area contributed by atoms with Gasteiger partial charge >= 0.3 is 0 Å². The number of rotatable bonds is 6. The van der Waals surface area contributed by atoms with Crippen LogP contribution in [0.5, 0.6) is 0 Å². The summed E-state index contributed by atoms with van der Waals surface area (Å²) >= 11 is 0. The van der Waals surface area contributed by atoms with Gasteiger partial charge in [-0.3, -0.25) is 0 Å². The first kappa shape index (κ1) is 22.5. The molecule has 0 aromatic rings. The fourth-order valence-electron chi connectivity index (χ4n) is 8.88. The van der Waals surface area contributed by atoms with Gasteiger partial charge in [-0.15, -0.1) is 0 Å². The molecule has 0 spiro atoms. The lowest BCUT2D eigenvalue weighted by molar-refractivity contribution is -0.0508. The van der Waals surface area contributed by atoms with Gasteiger partial charge in [-0.05, 0) is 85.9 Å². The van der Waals surface area contributed by atoms with Gasteiger partial charge in [-0.2, -0.15) is 0 Å². The van der Waals surface area contributed by atoms with E-state index >= 15 is 0 Å². The summed E-state index contributed by atoms with van der Waals surface area (Å²) in [6.45, 7) is 15.0. The second kappa shape index (κ2) is 8.32. The van der Waals surface area contributed by atoms with Gasteiger partial charge in [-0.25, -0.2) is 0 Å². The van der Waals surface area contributed by atoms with Crippen LogP contribution in [0.15, 0.2) is 23.5 Å². The molecule has 2 saturated carbocycles. The molecule has 1 nitrogen and oxygen atoms in total. The molecule has 0 amide bonds. The van der Waals surface area contributed by atoms with Crippen molar-refractivity contribution in [3.8, 4) is 0 Å². The fourth-order valence-corrected chi connectivity index (χ4v) is 8.88. The Bertz CT molecular complexity index is 686. The summed E-state index contributed by atoms with van der Waals surface area (Å²) in [6.07, 6.45) is 19.3. The third-order valence-corrected chi connectivity index (χ3v) is 10.5. The second-order valence-corrected chi connectivity index (χ2v) is 12.5. The highest BCUT2D eigenvalue weighted by Gasteiger charge is 2.59. The van der Waals surface area contributed by atoms with Gasteiger partial charge in [0.15, 0.2) is 0 Å². The van der Waals surface area contributed by atoms with Gasteiger partial charge in [0.25, 0.3) is 0 Å². The summed E-state index contributed by atoms with van der Waals surface area (Å²) in [5, 5.41) is 0. The number of hydrogen-bond donors (Lipinski definition) is 0. The zero-order chi connectivity index (χ0) is 21.7. The van der Waals surface area contributed by atoms with Crippen molar-refractivity contribution >= 4 is 0 Å². The van der Waals surface area contributed by atoms with Crippen molar-refractivity contribution in [3.63, 3.8) is 0 Å². The first-order valence-electron chi connectivity index (χ1n) is 13.4. The molecule has 4 unspecified atom stereocenters. The number of fused-ring (bicyclic) bond motifs is 5. The van der Waals surface area contributed by atoms with Crippen LogP contribution in [0, 0.1) is 46.3 Å². The lowest BCUT2D eigenvalue weighted by Gasteiger charge is -2.59. The number of hydrogen-bond acceptors (Lipinski definition) is 1. The summed E-state index contributed by atoms with van der Waals surface area (Å²) in [7, 11) is 2.33. The Morgan fingerprint density at radius 3 is 2.50 bits per heavy atom. The SMILES string of the molecule is CCC1=CC[C@@]2(C)C(=CCC3C2CC[C@@]2(C)C3CC[C@@H]2C(C)CCCC(C)C)N1C. The molecule has 0 aromatic heterocycles. The maximum atomic E-state index is 2.72. The third kappa shape index (κ3) is 3.51. The van der Waals surface area contributed by atoms with Crippen molar-refractivity contribution in [1.82, 2.24) is 4.90 Å². The Balaban J connectivity index is 1.52. The molecular formula is C29H49N. The quantitative estimate of drug-likeness (QED) is 0.424. The average molecular weight is 412 g/mol. The summed E-state index contributed by atoms with van der Waals surface area (Å²) in [6, 6.07) is 0. The van der Waals surface area contributed by atoms with Crippen LogP contribution in [0.25, 0.3) is 0 Å². The summed E-state index contributed by atoms with van der Waals surface area (Å²) in [4.78, 5) is 2.56. The molecule has 1 aliphatic heterocycles. The van der Waals surface area contributed by atoms with Gasteiger partial charge in [0, 0.05) is 23.9 Å². The van der Waals surface area contributed by atoms with E-state index in [1.807, 2.05) is 0 Å². The molecule has 2 fully saturated rings. The van der Waals surface area contributed by atoms with Crippen LogP contribution in [0.1, 0.15) is 106 Å². The van der Waals surface area contributed by atoms with E-state index in [2.05, 4.69) is 65.6 Å². The first-order chi connectivity index (χ1) is 14.2. The van der Waals surface area contributed by atoms with Crippen LogP contribution in [-0.2, 0) is 0 Å². The van der Waals surface area contributed by atoms with Crippen molar-refractivity contribution in [2.45, 2.75) is 106 Å². The molecule has 0 aromatic carbocycles. The van der Waals surface area contributed by atoms with Crippen molar-refractivity contribution in [2.24, 2.45) is 46.3 Å². The van der Waals surface area contributed by atoms with Crippen LogP contribution >= 0.6 is 0 Å². The molecule has 7 atom stereocenters. The fraction of sp³-hybridized carbons (Fsp3) is 0.862. The van der Waals surface area contributed by atoms with Gasteiger partial charge in [-0.1, -0.05) is 73.0 Å². The van der Waals surface area contributed by atoms with Crippen LogP contribution in [0.4, 0.5) is 0 Å². The molecule has 4 rings (SSSR count). The number of allylic oxidation sites excluding steroid dienone is 4. The average Bonchev–Trinajstić information content (AvgIpc) is 3.05. The van der Waals surface area contributed by atoms with E-state index < -0.39 is 0 Å². The van der Waals surface area contributed by atoms with Crippen LogP contribution < -0.4 is 0 Å². The molecule has 0 saturated heterocycles. The van der Waals surface area contributed by atoms with E-state index in [1.165, 1.54) is 63.5 Å². The molecule has 0 N–H and O–H groups in total. The molecule has 0 radical (unpaired) electrons. The van der Waals surface area contributed by atoms with Crippen molar-refractivity contribution in [1.29, 1.82) is 0 Å². The van der Waals surface area contributed by atoms with Gasteiger partial charge in [0.2, 0.25) is 0 Å². The van der Waals surface area contributed by atoms with E-state index in [9.17, 15) is 0 Å². The highest BCUT2D eigenvalue weighted by Crippen LogP contribution is 2.67. The second-order valence-electron chi connectivity index (χ2n) is 12.5. The summed E-state index contributed by atoms with van der Waals surface area (Å²) < 4.78 is 0. The molecule has 3 aliphatic carbocycles. The minimum Gasteiger partial charge on any atom is -0.352 e. The zero-order valence-corrected chi connectivity index (χ0v) is 21.1. The highest BCUT2D eigenvalue weighted by atomic mass is 15.1. The van der Waals surface area contributed by atoms with Gasteiger partial charge < -0.3 is 4.90 Å². The Kier molecular flexibility index (Phi) is 6.24. The van der Waals surface area contributed by atoms with Crippen LogP contribution in [0.3, 0.4) is 0 Å². The smallest absolute Gasteiger partial charge is 0.0199 e. The molecule has 1 heteroatoms. The third-order valence-electron chi connectivity index (χ3n) is 10.5. The maximum Gasteiger partial charge on any atom is 0.0199 e. The minimum absolute atomic E-state index is 0.374. The summed E-state index contributed by atoms with van der Waals surface area (Å²) in [5.41, 5.74) is 4.17. The Labute approximate surface area is 187 Å². The monoisotopic (exact) mass is 411 g/mol. The summed E-state index contributed by atoms with van der Waals surface area (Å²) in [5.74, 6) is 5.52. The van der Waals surface area contributed by atoms with E-state index in [1.54, 1.807) is 5.70 Å². The zero-order valence-electron chi connectivity index (χ0n) is 21.1. The molecule has 0 bridgehead atoms.